The lowest BCUT2D eigenvalue weighted by atomic mass is 10.0. The van der Waals surface area contributed by atoms with Gasteiger partial charge in [0.2, 0.25) is 0 Å². The van der Waals surface area contributed by atoms with Crippen molar-refractivity contribution in [2.24, 2.45) is 0 Å². The summed E-state index contributed by atoms with van der Waals surface area (Å²) >= 11 is 0. The lowest BCUT2D eigenvalue weighted by Crippen LogP contribution is -2.31. The van der Waals surface area contributed by atoms with Gasteiger partial charge in [-0.3, -0.25) is 9.78 Å². The van der Waals surface area contributed by atoms with Gasteiger partial charge in [-0.2, -0.15) is 0 Å². The molecule has 1 heterocycles. The molecule has 27 heavy (non-hydrogen) atoms. The van der Waals surface area contributed by atoms with Crippen molar-refractivity contribution in [3.63, 3.8) is 0 Å². The Morgan fingerprint density at radius 1 is 0.963 bits per heavy atom. The summed E-state index contributed by atoms with van der Waals surface area (Å²) < 4.78 is 5.71. The first-order valence-corrected chi connectivity index (χ1v) is 8.95. The van der Waals surface area contributed by atoms with Gasteiger partial charge in [-0.25, -0.2) is 0 Å². The Labute approximate surface area is 157 Å². The highest BCUT2D eigenvalue weighted by Gasteiger charge is 2.12. The Morgan fingerprint density at radius 3 is 2.63 bits per heavy atom. The third-order valence-electron chi connectivity index (χ3n) is 4.61. The fraction of sp³-hybridized carbons (Fsp3) is 0.130. The number of aromatic nitrogens is 1. The summed E-state index contributed by atoms with van der Waals surface area (Å²) in [6.45, 7) is 1.93. The van der Waals surface area contributed by atoms with Gasteiger partial charge in [0, 0.05) is 11.6 Å². The largest absolute Gasteiger partial charge is 0.481 e. The van der Waals surface area contributed by atoms with Gasteiger partial charge >= 0.3 is 0 Å². The number of carbonyl (C=O) groups is 1. The molecule has 0 fully saturated rings. The maximum absolute atomic E-state index is 12.3. The zero-order valence-electron chi connectivity index (χ0n) is 15.1. The first-order valence-electron chi connectivity index (χ1n) is 8.95. The molecule has 0 bridgehead atoms. The highest BCUT2D eigenvalue weighted by molar-refractivity contribution is 5.85. The normalized spacial score (nSPS) is 12.0. The molecule has 0 saturated carbocycles. The average molecular weight is 356 g/mol. The molecule has 0 radical (unpaired) electrons. The number of ether oxygens (including phenoxy) is 1. The number of carbonyl (C=O) groups excluding carboxylic acids is 1. The number of amides is 1. The monoisotopic (exact) mass is 356 g/mol. The standard InChI is InChI=1S/C23H20N2O2/c1-16(19-12-11-17-6-2-3-7-20(17)14-19)25-22(26)15-27-21-10-4-8-18-9-5-13-24-23(18)21/h2-14,16H,15H2,1H3,(H,25,26)/t16-/m0/s1. The SMILES string of the molecule is C[C@H](NC(=O)COc1cccc2cccnc12)c1ccc2ccccc2c1. The predicted molar refractivity (Wildman–Crippen MR) is 108 cm³/mol. The van der Waals surface area contributed by atoms with Crippen LogP contribution < -0.4 is 10.1 Å². The number of nitrogens with zero attached hydrogens (tertiary/aromatic N) is 1. The van der Waals surface area contributed by atoms with E-state index in [1.165, 1.54) is 5.39 Å². The van der Waals surface area contributed by atoms with Crippen LogP contribution in [-0.4, -0.2) is 17.5 Å². The van der Waals surface area contributed by atoms with Gasteiger partial charge < -0.3 is 10.1 Å². The quantitative estimate of drug-likeness (QED) is 0.566. The molecule has 0 aliphatic rings. The molecule has 4 heteroatoms. The average Bonchev–Trinajstić information content (AvgIpc) is 2.71. The fourth-order valence-corrected chi connectivity index (χ4v) is 3.18. The molecule has 1 amide bonds. The minimum Gasteiger partial charge on any atom is -0.481 e. The summed E-state index contributed by atoms with van der Waals surface area (Å²) in [6, 6.07) is 23.9. The van der Waals surface area contributed by atoms with E-state index in [-0.39, 0.29) is 18.6 Å². The van der Waals surface area contributed by atoms with E-state index in [0.717, 1.165) is 21.9 Å². The van der Waals surface area contributed by atoms with Gasteiger partial charge in [-0.15, -0.1) is 0 Å². The van der Waals surface area contributed by atoms with Crippen molar-refractivity contribution >= 4 is 27.6 Å². The molecule has 134 valence electrons. The van der Waals surface area contributed by atoms with Crippen LogP contribution in [0.5, 0.6) is 5.75 Å². The molecule has 1 atom stereocenters. The molecule has 0 aliphatic carbocycles. The van der Waals surface area contributed by atoms with Crippen LogP contribution in [0.25, 0.3) is 21.7 Å². The van der Waals surface area contributed by atoms with Crippen molar-refractivity contribution in [1.82, 2.24) is 10.3 Å². The van der Waals surface area contributed by atoms with E-state index in [1.54, 1.807) is 6.20 Å². The summed E-state index contributed by atoms with van der Waals surface area (Å²) in [5.41, 5.74) is 1.82. The summed E-state index contributed by atoms with van der Waals surface area (Å²) in [6.07, 6.45) is 1.72. The van der Waals surface area contributed by atoms with E-state index in [1.807, 2.05) is 55.5 Å². The van der Waals surface area contributed by atoms with Crippen LogP contribution >= 0.6 is 0 Å². The highest BCUT2D eigenvalue weighted by Crippen LogP contribution is 2.23. The Bertz CT molecular complexity index is 1100. The zero-order chi connectivity index (χ0) is 18.6. The minimum atomic E-state index is -0.163. The van der Waals surface area contributed by atoms with Crippen LogP contribution in [0.3, 0.4) is 0 Å². The number of hydrogen-bond acceptors (Lipinski definition) is 3. The lowest BCUT2D eigenvalue weighted by molar-refractivity contribution is -0.123. The van der Waals surface area contributed by atoms with Crippen LogP contribution in [0.4, 0.5) is 0 Å². The number of benzene rings is 3. The Balaban J connectivity index is 1.42. The van der Waals surface area contributed by atoms with Crippen molar-refractivity contribution in [3.8, 4) is 5.75 Å². The molecule has 0 saturated heterocycles. The maximum Gasteiger partial charge on any atom is 0.258 e. The number of pyridine rings is 1. The first kappa shape index (κ1) is 17.0. The topological polar surface area (TPSA) is 51.2 Å². The van der Waals surface area contributed by atoms with Crippen molar-refractivity contribution in [2.75, 3.05) is 6.61 Å². The molecule has 3 aromatic carbocycles. The second-order valence-corrected chi connectivity index (χ2v) is 6.52. The smallest absolute Gasteiger partial charge is 0.258 e. The number of rotatable bonds is 5. The number of hydrogen-bond donors (Lipinski definition) is 1. The van der Waals surface area contributed by atoms with E-state index in [2.05, 4.69) is 34.6 Å². The van der Waals surface area contributed by atoms with Crippen LogP contribution in [0.15, 0.2) is 79.0 Å². The molecule has 4 rings (SSSR count). The predicted octanol–water partition coefficient (Wildman–Crippen LogP) is 4.64. The first-order chi connectivity index (χ1) is 13.2. The summed E-state index contributed by atoms with van der Waals surface area (Å²) in [7, 11) is 0. The van der Waals surface area contributed by atoms with Gasteiger partial charge in [-0.1, -0.05) is 54.6 Å². The van der Waals surface area contributed by atoms with Crippen LogP contribution in [0.1, 0.15) is 18.5 Å². The minimum absolute atomic E-state index is 0.0480. The van der Waals surface area contributed by atoms with E-state index < -0.39 is 0 Å². The van der Waals surface area contributed by atoms with E-state index >= 15 is 0 Å². The van der Waals surface area contributed by atoms with Crippen LogP contribution in [-0.2, 0) is 4.79 Å². The maximum atomic E-state index is 12.3. The van der Waals surface area contributed by atoms with Crippen molar-refractivity contribution in [1.29, 1.82) is 0 Å². The van der Waals surface area contributed by atoms with Gasteiger partial charge in [0.15, 0.2) is 6.61 Å². The number of fused-ring (bicyclic) bond motifs is 2. The van der Waals surface area contributed by atoms with Crippen molar-refractivity contribution in [2.45, 2.75) is 13.0 Å². The summed E-state index contributed by atoms with van der Waals surface area (Å²) in [5.74, 6) is 0.449. The summed E-state index contributed by atoms with van der Waals surface area (Å²) in [5, 5.41) is 6.33. The van der Waals surface area contributed by atoms with E-state index in [0.29, 0.717) is 5.75 Å². The van der Waals surface area contributed by atoms with Gasteiger partial charge in [-0.05, 0) is 41.5 Å². The van der Waals surface area contributed by atoms with Gasteiger partial charge in [0.05, 0.1) is 6.04 Å². The van der Waals surface area contributed by atoms with E-state index in [9.17, 15) is 4.79 Å². The molecule has 1 N–H and O–H groups in total. The number of para-hydroxylation sites is 1. The number of nitrogens with one attached hydrogen (secondary N) is 1. The van der Waals surface area contributed by atoms with Crippen molar-refractivity contribution in [3.05, 3.63) is 84.6 Å². The third kappa shape index (κ3) is 3.75. The molecular weight excluding hydrogens is 336 g/mol. The second-order valence-electron chi connectivity index (χ2n) is 6.52. The Hall–Kier alpha value is -3.40. The molecule has 0 spiro atoms. The Morgan fingerprint density at radius 2 is 1.74 bits per heavy atom. The summed E-state index contributed by atoms with van der Waals surface area (Å²) in [4.78, 5) is 16.7. The molecule has 4 nitrogen and oxygen atoms in total. The molecule has 0 aliphatic heterocycles. The van der Waals surface area contributed by atoms with Crippen molar-refractivity contribution < 1.29 is 9.53 Å². The lowest BCUT2D eigenvalue weighted by Gasteiger charge is -2.16. The van der Waals surface area contributed by atoms with E-state index in [4.69, 9.17) is 4.74 Å². The molecule has 1 aromatic heterocycles. The molecular formula is C23H20N2O2. The third-order valence-corrected chi connectivity index (χ3v) is 4.61. The van der Waals surface area contributed by atoms with Crippen LogP contribution in [0.2, 0.25) is 0 Å². The van der Waals surface area contributed by atoms with Gasteiger partial charge in [0.25, 0.3) is 5.91 Å². The molecule has 0 unspecified atom stereocenters. The Kier molecular flexibility index (Phi) is 4.71. The fourth-order valence-electron chi connectivity index (χ4n) is 3.18. The molecule has 4 aromatic rings. The van der Waals surface area contributed by atoms with Gasteiger partial charge in [0.1, 0.15) is 11.3 Å². The second kappa shape index (κ2) is 7.46. The zero-order valence-corrected chi connectivity index (χ0v) is 15.1. The highest BCUT2D eigenvalue weighted by atomic mass is 16.5. The van der Waals surface area contributed by atoms with Crippen LogP contribution in [0, 0.1) is 0 Å².